The molecule has 2 rings (SSSR count). The van der Waals surface area contributed by atoms with Gasteiger partial charge in [-0.15, -0.1) is 0 Å². The molecule has 1 aromatic rings. The van der Waals surface area contributed by atoms with E-state index in [0.717, 1.165) is 12.8 Å². The molecule has 1 aliphatic rings. The van der Waals surface area contributed by atoms with E-state index in [2.05, 4.69) is 6.92 Å². The molecule has 0 saturated carbocycles. The SMILES string of the molecule is CCCC1CC(=O)N(CC(=O)c2ccc(OC)c(Cl)c2)C1. The number of likely N-dealkylation sites (tertiary alicyclic amines) is 1. The van der Waals surface area contributed by atoms with Crippen LogP contribution in [0.5, 0.6) is 5.75 Å². The monoisotopic (exact) mass is 309 g/mol. The average Bonchev–Trinajstić information content (AvgIpc) is 2.79. The van der Waals surface area contributed by atoms with Crippen LogP contribution in [0.4, 0.5) is 0 Å². The molecule has 5 heteroatoms. The Labute approximate surface area is 130 Å². The van der Waals surface area contributed by atoms with Crippen molar-refractivity contribution >= 4 is 23.3 Å². The summed E-state index contributed by atoms with van der Waals surface area (Å²) in [5, 5.41) is 0.403. The first-order chi connectivity index (χ1) is 10.0. The number of Topliss-reactive ketones (excluding diaryl/α,β-unsaturated/α-hetero) is 1. The summed E-state index contributed by atoms with van der Waals surface area (Å²) in [6.45, 7) is 2.92. The second-order valence-electron chi connectivity index (χ2n) is 5.41. The van der Waals surface area contributed by atoms with E-state index in [1.54, 1.807) is 23.1 Å². The van der Waals surface area contributed by atoms with Gasteiger partial charge >= 0.3 is 0 Å². The topological polar surface area (TPSA) is 46.6 Å². The summed E-state index contributed by atoms with van der Waals surface area (Å²) in [5.74, 6) is 0.898. The van der Waals surface area contributed by atoms with Gasteiger partial charge < -0.3 is 9.64 Å². The molecule has 1 aromatic carbocycles. The maximum atomic E-state index is 12.3. The fraction of sp³-hybridized carbons (Fsp3) is 0.500. The predicted molar refractivity (Wildman–Crippen MR) is 81.9 cm³/mol. The largest absolute Gasteiger partial charge is 0.495 e. The lowest BCUT2D eigenvalue weighted by Crippen LogP contribution is -2.31. The van der Waals surface area contributed by atoms with Crippen molar-refractivity contribution in [3.63, 3.8) is 0 Å². The van der Waals surface area contributed by atoms with Gasteiger partial charge in [0.1, 0.15) is 5.75 Å². The lowest BCUT2D eigenvalue weighted by molar-refractivity contribution is -0.127. The van der Waals surface area contributed by atoms with Gasteiger partial charge in [0, 0.05) is 18.5 Å². The fourth-order valence-corrected chi connectivity index (χ4v) is 2.97. The molecule has 1 saturated heterocycles. The maximum Gasteiger partial charge on any atom is 0.223 e. The van der Waals surface area contributed by atoms with Crippen molar-refractivity contribution in [2.45, 2.75) is 26.2 Å². The zero-order valence-electron chi connectivity index (χ0n) is 12.4. The summed E-state index contributed by atoms with van der Waals surface area (Å²) in [4.78, 5) is 25.8. The Morgan fingerprint density at radius 3 is 2.86 bits per heavy atom. The number of amides is 1. The second-order valence-corrected chi connectivity index (χ2v) is 5.81. The van der Waals surface area contributed by atoms with Gasteiger partial charge in [-0.05, 0) is 30.5 Å². The van der Waals surface area contributed by atoms with Crippen molar-refractivity contribution < 1.29 is 14.3 Å². The highest BCUT2D eigenvalue weighted by Crippen LogP contribution is 2.26. The zero-order chi connectivity index (χ0) is 15.4. The Balaban J connectivity index is 2.01. The first-order valence-corrected chi connectivity index (χ1v) is 7.57. The molecule has 0 bridgehead atoms. The van der Waals surface area contributed by atoms with E-state index in [-0.39, 0.29) is 18.2 Å². The molecule has 4 nitrogen and oxygen atoms in total. The lowest BCUT2D eigenvalue weighted by atomic mass is 10.0. The molecule has 1 unspecified atom stereocenters. The normalized spacial score (nSPS) is 18.1. The van der Waals surface area contributed by atoms with E-state index in [1.165, 1.54) is 7.11 Å². The Morgan fingerprint density at radius 2 is 2.24 bits per heavy atom. The molecule has 0 spiro atoms. The van der Waals surface area contributed by atoms with Crippen LogP contribution in [0.3, 0.4) is 0 Å². The van der Waals surface area contributed by atoms with Gasteiger partial charge in [0.2, 0.25) is 5.91 Å². The van der Waals surface area contributed by atoms with Crippen LogP contribution in [-0.4, -0.2) is 36.8 Å². The molecule has 1 heterocycles. The van der Waals surface area contributed by atoms with E-state index in [0.29, 0.717) is 35.2 Å². The number of rotatable bonds is 6. The molecule has 21 heavy (non-hydrogen) atoms. The van der Waals surface area contributed by atoms with Crippen LogP contribution in [0.15, 0.2) is 18.2 Å². The molecular formula is C16H20ClNO3. The number of hydrogen-bond donors (Lipinski definition) is 0. The smallest absolute Gasteiger partial charge is 0.223 e. The minimum atomic E-state index is -0.0925. The first-order valence-electron chi connectivity index (χ1n) is 7.19. The number of hydrogen-bond acceptors (Lipinski definition) is 3. The Hall–Kier alpha value is -1.55. The molecule has 1 atom stereocenters. The number of halogens is 1. The van der Waals surface area contributed by atoms with E-state index in [9.17, 15) is 9.59 Å². The predicted octanol–water partition coefficient (Wildman–Crippen LogP) is 3.18. The Bertz CT molecular complexity index is 544. The van der Waals surface area contributed by atoms with Gasteiger partial charge in [-0.1, -0.05) is 24.9 Å². The highest BCUT2D eigenvalue weighted by atomic mass is 35.5. The Morgan fingerprint density at radius 1 is 1.48 bits per heavy atom. The van der Waals surface area contributed by atoms with Gasteiger partial charge in [0.15, 0.2) is 5.78 Å². The molecule has 114 valence electrons. The quantitative estimate of drug-likeness (QED) is 0.758. The molecule has 0 aliphatic carbocycles. The summed E-state index contributed by atoms with van der Waals surface area (Å²) in [5.41, 5.74) is 0.507. The number of carbonyl (C=O) groups excluding carboxylic acids is 2. The van der Waals surface area contributed by atoms with Crippen LogP contribution >= 0.6 is 11.6 Å². The van der Waals surface area contributed by atoms with Crippen molar-refractivity contribution in [1.29, 1.82) is 0 Å². The van der Waals surface area contributed by atoms with Crippen molar-refractivity contribution in [2.75, 3.05) is 20.2 Å². The third-order valence-electron chi connectivity index (χ3n) is 3.80. The highest BCUT2D eigenvalue weighted by molar-refractivity contribution is 6.32. The van der Waals surface area contributed by atoms with Gasteiger partial charge in [0.05, 0.1) is 18.7 Å². The van der Waals surface area contributed by atoms with E-state index < -0.39 is 0 Å². The minimum absolute atomic E-state index is 0.0707. The lowest BCUT2D eigenvalue weighted by Gasteiger charge is -2.16. The van der Waals surface area contributed by atoms with Crippen molar-refractivity contribution in [3.8, 4) is 5.75 Å². The van der Waals surface area contributed by atoms with Crippen LogP contribution in [0.1, 0.15) is 36.5 Å². The van der Waals surface area contributed by atoms with Gasteiger partial charge in [0.25, 0.3) is 0 Å². The highest BCUT2D eigenvalue weighted by Gasteiger charge is 2.30. The fourth-order valence-electron chi connectivity index (χ4n) is 2.71. The minimum Gasteiger partial charge on any atom is -0.495 e. The number of nitrogens with zero attached hydrogens (tertiary/aromatic N) is 1. The summed E-state index contributed by atoms with van der Waals surface area (Å²) in [6.07, 6.45) is 2.66. The standard InChI is InChI=1S/C16H20ClNO3/c1-3-4-11-7-16(20)18(9-11)10-14(19)12-5-6-15(21-2)13(17)8-12/h5-6,8,11H,3-4,7,9-10H2,1-2H3. The van der Waals surface area contributed by atoms with E-state index in [1.807, 2.05) is 0 Å². The van der Waals surface area contributed by atoms with E-state index in [4.69, 9.17) is 16.3 Å². The Kier molecular flexibility index (Phi) is 5.23. The molecule has 1 aliphatic heterocycles. The maximum absolute atomic E-state index is 12.3. The van der Waals surface area contributed by atoms with Gasteiger partial charge in [-0.3, -0.25) is 9.59 Å². The number of ketones is 1. The first kappa shape index (κ1) is 15.8. The average molecular weight is 310 g/mol. The molecule has 0 radical (unpaired) electrons. The summed E-state index contributed by atoms with van der Waals surface area (Å²) in [7, 11) is 1.53. The summed E-state index contributed by atoms with van der Waals surface area (Å²) < 4.78 is 5.06. The van der Waals surface area contributed by atoms with Crippen LogP contribution < -0.4 is 4.74 Å². The van der Waals surface area contributed by atoms with Crippen LogP contribution in [0.2, 0.25) is 5.02 Å². The van der Waals surface area contributed by atoms with Crippen LogP contribution in [0, 0.1) is 5.92 Å². The molecule has 1 fully saturated rings. The summed E-state index contributed by atoms with van der Waals surface area (Å²) in [6, 6.07) is 4.94. The number of ether oxygens (including phenoxy) is 1. The molecule has 1 amide bonds. The van der Waals surface area contributed by atoms with Crippen molar-refractivity contribution in [2.24, 2.45) is 5.92 Å². The van der Waals surface area contributed by atoms with Gasteiger partial charge in [-0.25, -0.2) is 0 Å². The third kappa shape index (κ3) is 3.76. The molecule has 0 N–H and O–H groups in total. The summed E-state index contributed by atoms with van der Waals surface area (Å²) >= 11 is 6.03. The molecule has 0 aromatic heterocycles. The van der Waals surface area contributed by atoms with E-state index >= 15 is 0 Å². The molecular weight excluding hydrogens is 290 g/mol. The number of methoxy groups -OCH3 is 1. The number of benzene rings is 1. The zero-order valence-corrected chi connectivity index (χ0v) is 13.2. The third-order valence-corrected chi connectivity index (χ3v) is 4.10. The number of carbonyl (C=O) groups is 2. The van der Waals surface area contributed by atoms with Crippen LogP contribution in [0.25, 0.3) is 0 Å². The van der Waals surface area contributed by atoms with Gasteiger partial charge in [-0.2, -0.15) is 0 Å². The second kappa shape index (κ2) is 6.94. The van der Waals surface area contributed by atoms with Crippen molar-refractivity contribution in [1.82, 2.24) is 4.90 Å². The van der Waals surface area contributed by atoms with Crippen LogP contribution in [-0.2, 0) is 4.79 Å². The van der Waals surface area contributed by atoms with Crippen molar-refractivity contribution in [3.05, 3.63) is 28.8 Å².